The highest BCUT2D eigenvalue weighted by Gasteiger charge is 2.30. The number of ether oxygens (including phenoxy) is 1. The van der Waals surface area contributed by atoms with E-state index >= 15 is 0 Å². The monoisotopic (exact) mass is 364 g/mol. The van der Waals surface area contributed by atoms with Gasteiger partial charge in [0.05, 0.1) is 24.3 Å². The summed E-state index contributed by atoms with van der Waals surface area (Å²) >= 11 is 0. The lowest BCUT2D eigenvalue weighted by molar-refractivity contribution is -0.130. The second-order valence-electron chi connectivity index (χ2n) is 7.03. The summed E-state index contributed by atoms with van der Waals surface area (Å²) in [7, 11) is 3.69. The first-order chi connectivity index (χ1) is 13.2. The molecular formula is C21H24N4O2. The number of benzene rings is 1. The smallest absolute Gasteiger partial charge is 0.222 e. The third-order valence-electron chi connectivity index (χ3n) is 5.42. The first kappa shape index (κ1) is 17.5. The Morgan fingerprint density at radius 2 is 2.15 bits per heavy atom. The molecule has 1 atom stereocenters. The van der Waals surface area contributed by atoms with Gasteiger partial charge in [-0.3, -0.25) is 9.78 Å². The maximum absolute atomic E-state index is 12.7. The SMILES string of the molecule is COc1ccccc1CCC(=O)N1CC[C@@H](c2nc3ccncc3n2C)C1. The number of aryl methyl sites for hydroxylation is 2. The molecule has 3 heterocycles. The van der Waals surface area contributed by atoms with Crippen molar-refractivity contribution in [2.75, 3.05) is 20.2 Å². The van der Waals surface area contributed by atoms with Gasteiger partial charge >= 0.3 is 0 Å². The highest BCUT2D eigenvalue weighted by Crippen LogP contribution is 2.29. The van der Waals surface area contributed by atoms with Crippen molar-refractivity contribution in [2.45, 2.75) is 25.2 Å². The van der Waals surface area contributed by atoms with E-state index in [-0.39, 0.29) is 11.8 Å². The Morgan fingerprint density at radius 1 is 1.30 bits per heavy atom. The molecule has 3 aromatic rings. The number of rotatable bonds is 5. The first-order valence-corrected chi connectivity index (χ1v) is 9.33. The van der Waals surface area contributed by atoms with Crippen LogP contribution in [0.5, 0.6) is 5.75 Å². The molecule has 1 aliphatic rings. The van der Waals surface area contributed by atoms with Gasteiger partial charge in [-0.05, 0) is 30.5 Å². The van der Waals surface area contributed by atoms with Gasteiger partial charge in [-0.25, -0.2) is 4.98 Å². The number of likely N-dealkylation sites (tertiary alicyclic amines) is 1. The van der Waals surface area contributed by atoms with Crippen molar-refractivity contribution < 1.29 is 9.53 Å². The van der Waals surface area contributed by atoms with Crippen molar-refractivity contribution in [2.24, 2.45) is 7.05 Å². The van der Waals surface area contributed by atoms with Gasteiger partial charge in [0, 0.05) is 38.7 Å². The normalized spacial score (nSPS) is 16.8. The molecule has 0 unspecified atom stereocenters. The van der Waals surface area contributed by atoms with Crippen LogP contribution in [0.4, 0.5) is 0 Å². The van der Waals surface area contributed by atoms with Crippen LogP contribution in [-0.4, -0.2) is 45.5 Å². The summed E-state index contributed by atoms with van der Waals surface area (Å²) < 4.78 is 7.49. The van der Waals surface area contributed by atoms with Crippen molar-refractivity contribution in [1.82, 2.24) is 19.4 Å². The molecule has 140 valence electrons. The zero-order chi connectivity index (χ0) is 18.8. The Labute approximate surface area is 158 Å². The van der Waals surface area contributed by atoms with Crippen LogP contribution in [0.1, 0.15) is 30.1 Å². The number of imidazole rings is 1. The molecule has 0 spiro atoms. The molecule has 1 aromatic carbocycles. The van der Waals surface area contributed by atoms with Crippen LogP contribution in [0.15, 0.2) is 42.7 Å². The van der Waals surface area contributed by atoms with Gasteiger partial charge < -0.3 is 14.2 Å². The van der Waals surface area contributed by atoms with E-state index in [4.69, 9.17) is 9.72 Å². The Morgan fingerprint density at radius 3 is 2.96 bits per heavy atom. The molecular weight excluding hydrogens is 340 g/mol. The molecule has 1 fully saturated rings. The van der Waals surface area contributed by atoms with E-state index < -0.39 is 0 Å². The topological polar surface area (TPSA) is 60.2 Å². The molecule has 6 nitrogen and oxygen atoms in total. The molecule has 1 saturated heterocycles. The Kier molecular flexibility index (Phi) is 4.79. The number of nitrogens with zero attached hydrogens (tertiary/aromatic N) is 4. The number of amides is 1. The summed E-state index contributed by atoms with van der Waals surface area (Å²) in [5.74, 6) is 2.36. The molecule has 1 amide bonds. The second-order valence-corrected chi connectivity index (χ2v) is 7.03. The number of aromatic nitrogens is 3. The minimum Gasteiger partial charge on any atom is -0.496 e. The molecule has 0 aliphatic carbocycles. The van der Waals surface area contributed by atoms with Crippen LogP contribution in [0.2, 0.25) is 0 Å². The molecule has 6 heteroatoms. The lowest BCUT2D eigenvalue weighted by Gasteiger charge is -2.17. The maximum atomic E-state index is 12.7. The average molecular weight is 364 g/mol. The van der Waals surface area contributed by atoms with Crippen LogP contribution >= 0.6 is 0 Å². The standard InChI is InChI=1S/C21H24N4O2/c1-24-18-13-22-11-9-17(18)23-21(24)16-10-12-25(14-16)20(26)8-7-15-5-3-4-6-19(15)27-2/h3-6,9,11,13,16H,7-8,10,12,14H2,1-2H3/t16-/m1/s1. The maximum Gasteiger partial charge on any atom is 0.222 e. The minimum atomic E-state index is 0.198. The van der Waals surface area contributed by atoms with Crippen LogP contribution in [0, 0.1) is 0 Å². The molecule has 2 aromatic heterocycles. The zero-order valence-electron chi connectivity index (χ0n) is 15.8. The minimum absolute atomic E-state index is 0.198. The quantitative estimate of drug-likeness (QED) is 0.698. The van der Waals surface area contributed by atoms with Crippen LogP contribution < -0.4 is 4.74 Å². The molecule has 0 N–H and O–H groups in total. The van der Waals surface area contributed by atoms with Gasteiger partial charge in [0.1, 0.15) is 11.6 Å². The van der Waals surface area contributed by atoms with Crippen molar-refractivity contribution in [1.29, 1.82) is 0 Å². The van der Waals surface area contributed by atoms with E-state index in [0.29, 0.717) is 12.8 Å². The van der Waals surface area contributed by atoms with Crippen LogP contribution in [-0.2, 0) is 18.3 Å². The van der Waals surface area contributed by atoms with E-state index in [0.717, 1.165) is 47.7 Å². The van der Waals surface area contributed by atoms with Crippen molar-refractivity contribution in [3.05, 3.63) is 54.1 Å². The Hall–Kier alpha value is -2.89. The number of carbonyl (C=O) groups excluding carboxylic acids is 1. The van der Waals surface area contributed by atoms with E-state index in [2.05, 4.69) is 9.55 Å². The average Bonchev–Trinajstić information content (AvgIpc) is 3.32. The Balaban J connectivity index is 1.41. The molecule has 1 aliphatic heterocycles. The Bertz CT molecular complexity index is 966. The van der Waals surface area contributed by atoms with E-state index in [1.165, 1.54) is 0 Å². The number of hydrogen-bond donors (Lipinski definition) is 0. The highest BCUT2D eigenvalue weighted by molar-refractivity contribution is 5.77. The predicted molar refractivity (Wildman–Crippen MR) is 104 cm³/mol. The molecule has 0 saturated carbocycles. The second kappa shape index (κ2) is 7.39. The fourth-order valence-electron chi connectivity index (χ4n) is 3.93. The van der Waals surface area contributed by atoms with Crippen molar-refractivity contribution >= 4 is 16.9 Å². The number of methoxy groups -OCH3 is 1. The summed E-state index contributed by atoms with van der Waals surface area (Å²) in [5.41, 5.74) is 3.07. The van der Waals surface area contributed by atoms with E-state index in [1.54, 1.807) is 13.3 Å². The van der Waals surface area contributed by atoms with Crippen LogP contribution in [0.25, 0.3) is 11.0 Å². The van der Waals surface area contributed by atoms with Crippen molar-refractivity contribution in [3.8, 4) is 5.75 Å². The van der Waals surface area contributed by atoms with Crippen LogP contribution in [0.3, 0.4) is 0 Å². The molecule has 0 radical (unpaired) electrons. The molecule has 0 bridgehead atoms. The first-order valence-electron chi connectivity index (χ1n) is 9.33. The lowest BCUT2D eigenvalue weighted by atomic mass is 10.1. The summed E-state index contributed by atoms with van der Waals surface area (Å²) in [6.07, 6.45) is 5.75. The summed E-state index contributed by atoms with van der Waals surface area (Å²) in [6, 6.07) is 9.82. The summed E-state index contributed by atoms with van der Waals surface area (Å²) in [6.45, 7) is 1.52. The summed E-state index contributed by atoms with van der Waals surface area (Å²) in [4.78, 5) is 23.6. The number of fused-ring (bicyclic) bond motifs is 1. The predicted octanol–water partition coefficient (Wildman–Crippen LogP) is 2.93. The number of carbonyl (C=O) groups is 1. The third-order valence-corrected chi connectivity index (χ3v) is 5.42. The van der Waals surface area contributed by atoms with Gasteiger partial charge in [0.2, 0.25) is 5.91 Å². The fraction of sp³-hybridized carbons (Fsp3) is 0.381. The lowest BCUT2D eigenvalue weighted by Crippen LogP contribution is -2.28. The summed E-state index contributed by atoms with van der Waals surface area (Å²) in [5, 5.41) is 0. The van der Waals surface area contributed by atoms with Crippen molar-refractivity contribution in [3.63, 3.8) is 0 Å². The van der Waals surface area contributed by atoms with E-state index in [9.17, 15) is 4.79 Å². The highest BCUT2D eigenvalue weighted by atomic mass is 16.5. The van der Waals surface area contributed by atoms with Gasteiger partial charge in [0.15, 0.2) is 0 Å². The third kappa shape index (κ3) is 3.39. The number of hydrogen-bond acceptors (Lipinski definition) is 4. The van der Waals surface area contributed by atoms with Gasteiger partial charge in [0.25, 0.3) is 0 Å². The van der Waals surface area contributed by atoms with Gasteiger partial charge in [-0.2, -0.15) is 0 Å². The van der Waals surface area contributed by atoms with E-state index in [1.807, 2.05) is 48.5 Å². The van der Waals surface area contributed by atoms with Gasteiger partial charge in [-0.15, -0.1) is 0 Å². The fourth-order valence-corrected chi connectivity index (χ4v) is 3.93. The molecule has 27 heavy (non-hydrogen) atoms. The molecule has 4 rings (SSSR count). The number of para-hydroxylation sites is 1. The van der Waals surface area contributed by atoms with Gasteiger partial charge in [-0.1, -0.05) is 18.2 Å². The number of pyridine rings is 1. The largest absolute Gasteiger partial charge is 0.496 e. The zero-order valence-corrected chi connectivity index (χ0v) is 15.8.